The molecule has 3 aromatic rings. The van der Waals surface area contributed by atoms with Crippen molar-refractivity contribution in [1.29, 1.82) is 0 Å². The van der Waals surface area contributed by atoms with Crippen molar-refractivity contribution in [2.75, 3.05) is 0 Å². The zero-order chi connectivity index (χ0) is 19.2. The lowest BCUT2D eigenvalue weighted by atomic mass is 10.0. The van der Waals surface area contributed by atoms with Crippen molar-refractivity contribution in [2.24, 2.45) is 0 Å². The topological polar surface area (TPSA) is 38.3 Å². The second-order valence-corrected chi connectivity index (χ2v) is 6.81. The van der Waals surface area contributed by atoms with Gasteiger partial charge in [-0.1, -0.05) is 60.7 Å². The van der Waals surface area contributed by atoms with Gasteiger partial charge in [0, 0.05) is 0 Å². The molecule has 0 heterocycles. The summed E-state index contributed by atoms with van der Waals surface area (Å²) >= 11 is 0. The van der Waals surface area contributed by atoms with Gasteiger partial charge in [0.15, 0.2) is 0 Å². The summed E-state index contributed by atoms with van der Waals surface area (Å²) in [5.74, 6) is 0.454. The Balaban J connectivity index is 1.71. The lowest BCUT2D eigenvalue weighted by Crippen LogP contribution is -2.27. The average molecular weight is 359 g/mol. The molecule has 1 atom stereocenters. The molecule has 0 fully saturated rings. The summed E-state index contributed by atoms with van der Waals surface area (Å²) in [7, 11) is 0. The molecule has 1 amide bonds. The fourth-order valence-electron chi connectivity index (χ4n) is 2.91. The number of aryl methyl sites for hydroxylation is 2. The van der Waals surface area contributed by atoms with E-state index >= 15 is 0 Å². The number of para-hydroxylation sites is 1. The molecule has 0 aromatic heterocycles. The Kier molecular flexibility index (Phi) is 5.92. The molecule has 1 N–H and O–H groups in total. The van der Waals surface area contributed by atoms with Crippen LogP contribution in [0, 0.1) is 13.8 Å². The number of carbonyl (C=O) groups is 1. The maximum Gasteiger partial charge on any atom is 0.255 e. The van der Waals surface area contributed by atoms with E-state index in [1.54, 1.807) is 6.07 Å². The number of rotatable bonds is 6. The fourth-order valence-corrected chi connectivity index (χ4v) is 2.91. The highest BCUT2D eigenvalue weighted by Crippen LogP contribution is 2.22. The van der Waals surface area contributed by atoms with E-state index in [9.17, 15) is 4.79 Å². The molecule has 138 valence electrons. The van der Waals surface area contributed by atoms with E-state index in [1.807, 2.05) is 55.5 Å². The summed E-state index contributed by atoms with van der Waals surface area (Å²) in [4.78, 5) is 12.8. The number of ether oxygens (including phenoxy) is 1. The summed E-state index contributed by atoms with van der Waals surface area (Å²) in [5, 5.41) is 3.08. The van der Waals surface area contributed by atoms with Crippen LogP contribution in [0.2, 0.25) is 0 Å². The maximum atomic E-state index is 12.8. The van der Waals surface area contributed by atoms with E-state index in [0.29, 0.717) is 17.9 Å². The minimum atomic E-state index is -0.135. The summed E-state index contributed by atoms with van der Waals surface area (Å²) in [6.45, 7) is 6.59. The predicted octanol–water partition coefficient (Wildman–Crippen LogP) is 5.37. The smallest absolute Gasteiger partial charge is 0.255 e. The Morgan fingerprint density at radius 1 is 0.926 bits per heavy atom. The van der Waals surface area contributed by atoms with Gasteiger partial charge in [0.05, 0.1) is 11.6 Å². The molecule has 3 rings (SSSR count). The predicted molar refractivity (Wildman–Crippen MR) is 109 cm³/mol. The van der Waals surface area contributed by atoms with Gasteiger partial charge in [-0.25, -0.2) is 0 Å². The molecule has 0 spiro atoms. The third-order valence-electron chi connectivity index (χ3n) is 4.75. The Hall–Kier alpha value is -3.07. The van der Waals surface area contributed by atoms with E-state index in [-0.39, 0.29) is 11.9 Å². The van der Waals surface area contributed by atoms with Gasteiger partial charge >= 0.3 is 0 Å². The number of nitrogens with one attached hydrogen (secondary N) is 1. The zero-order valence-corrected chi connectivity index (χ0v) is 16.0. The fraction of sp³-hybridized carbons (Fsp3) is 0.208. The van der Waals surface area contributed by atoms with E-state index in [1.165, 1.54) is 11.1 Å². The van der Waals surface area contributed by atoms with Crippen LogP contribution in [0.25, 0.3) is 0 Å². The monoisotopic (exact) mass is 359 g/mol. The first kappa shape index (κ1) is 18.7. The minimum absolute atomic E-state index is 0.0843. The number of amides is 1. The molecular weight excluding hydrogens is 334 g/mol. The van der Waals surface area contributed by atoms with Crippen LogP contribution >= 0.6 is 0 Å². The summed E-state index contributed by atoms with van der Waals surface area (Å²) in [6, 6.07) is 23.5. The summed E-state index contributed by atoms with van der Waals surface area (Å²) < 4.78 is 5.91. The highest BCUT2D eigenvalue weighted by atomic mass is 16.5. The van der Waals surface area contributed by atoms with Gasteiger partial charge in [0.25, 0.3) is 5.91 Å². The van der Waals surface area contributed by atoms with E-state index in [4.69, 9.17) is 4.74 Å². The molecule has 3 heteroatoms. The van der Waals surface area contributed by atoms with E-state index < -0.39 is 0 Å². The number of hydrogen-bond donors (Lipinski definition) is 1. The second kappa shape index (κ2) is 8.54. The summed E-state index contributed by atoms with van der Waals surface area (Å²) in [6.07, 6.45) is 0. The van der Waals surface area contributed by atoms with Gasteiger partial charge in [-0.05, 0) is 55.2 Å². The highest BCUT2D eigenvalue weighted by Gasteiger charge is 2.16. The van der Waals surface area contributed by atoms with Gasteiger partial charge in [-0.2, -0.15) is 0 Å². The quantitative estimate of drug-likeness (QED) is 0.642. The van der Waals surface area contributed by atoms with Crippen LogP contribution in [-0.2, 0) is 6.61 Å². The number of carbonyl (C=O) groups excluding carboxylic acids is 1. The molecule has 0 radical (unpaired) electrons. The molecule has 0 aliphatic carbocycles. The van der Waals surface area contributed by atoms with Crippen molar-refractivity contribution >= 4 is 5.91 Å². The van der Waals surface area contributed by atoms with Crippen molar-refractivity contribution in [3.05, 3.63) is 101 Å². The van der Waals surface area contributed by atoms with Crippen molar-refractivity contribution in [3.8, 4) is 5.75 Å². The molecule has 27 heavy (non-hydrogen) atoms. The lowest BCUT2D eigenvalue weighted by Gasteiger charge is -2.17. The maximum absolute atomic E-state index is 12.8. The van der Waals surface area contributed by atoms with Crippen LogP contribution in [0.1, 0.15) is 45.6 Å². The molecule has 0 bridgehead atoms. The minimum Gasteiger partial charge on any atom is -0.488 e. The number of hydrogen-bond acceptors (Lipinski definition) is 2. The molecule has 0 saturated carbocycles. The van der Waals surface area contributed by atoms with Crippen LogP contribution in [0.4, 0.5) is 0 Å². The first-order chi connectivity index (χ1) is 13.0. The average Bonchev–Trinajstić information content (AvgIpc) is 2.69. The highest BCUT2D eigenvalue weighted by molar-refractivity contribution is 5.97. The molecule has 0 saturated heterocycles. The Labute approximate surface area is 161 Å². The van der Waals surface area contributed by atoms with E-state index in [0.717, 1.165) is 11.1 Å². The van der Waals surface area contributed by atoms with Crippen LogP contribution in [0.3, 0.4) is 0 Å². The van der Waals surface area contributed by atoms with Gasteiger partial charge in [-0.15, -0.1) is 0 Å². The van der Waals surface area contributed by atoms with Crippen molar-refractivity contribution < 1.29 is 9.53 Å². The Morgan fingerprint density at radius 3 is 2.37 bits per heavy atom. The van der Waals surface area contributed by atoms with Gasteiger partial charge in [0.1, 0.15) is 12.4 Å². The van der Waals surface area contributed by atoms with Gasteiger partial charge < -0.3 is 10.1 Å². The van der Waals surface area contributed by atoms with Crippen LogP contribution in [0.15, 0.2) is 72.8 Å². The van der Waals surface area contributed by atoms with E-state index in [2.05, 4.69) is 37.4 Å². The van der Waals surface area contributed by atoms with Crippen LogP contribution < -0.4 is 10.1 Å². The standard InChI is InChI=1S/C24H25NO2/c1-17-13-14-21(15-18(17)2)19(3)25-24(26)22-11-7-8-12-23(22)27-16-20-9-5-4-6-10-20/h4-15,19H,16H2,1-3H3,(H,25,26)/t19-/m0/s1. The molecule has 0 aliphatic heterocycles. The Morgan fingerprint density at radius 2 is 1.63 bits per heavy atom. The summed E-state index contributed by atoms with van der Waals surface area (Å²) in [5.41, 5.74) is 5.17. The molecule has 3 aromatic carbocycles. The Bertz CT molecular complexity index is 919. The van der Waals surface area contributed by atoms with Gasteiger partial charge in [0.2, 0.25) is 0 Å². The second-order valence-electron chi connectivity index (χ2n) is 6.81. The molecule has 0 aliphatic rings. The third-order valence-corrected chi connectivity index (χ3v) is 4.75. The zero-order valence-electron chi connectivity index (χ0n) is 16.0. The van der Waals surface area contributed by atoms with Gasteiger partial charge in [-0.3, -0.25) is 4.79 Å². The van der Waals surface area contributed by atoms with Crippen LogP contribution in [-0.4, -0.2) is 5.91 Å². The van der Waals surface area contributed by atoms with Crippen molar-refractivity contribution in [2.45, 2.75) is 33.4 Å². The van der Waals surface area contributed by atoms with Crippen LogP contribution in [0.5, 0.6) is 5.75 Å². The largest absolute Gasteiger partial charge is 0.488 e. The number of benzene rings is 3. The first-order valence-corrected chi connectivity index (χ1v) is 9.18. The molecule has 0 unspecified atom stereocenters. The van der Waals surface area contributed by atoms with Crippen molar-refractivity contribution in [1.82, 2.24) is 5.32 Å². The molecule has 3 nitrogen and oxygen atoms in total. The SMILES string of the molecule is Cc1ccc([C@H](C)NC(=O)c2ccccc2OCc2ccccc2)cc1C. The lowest BCUT2D eigenvalue weighted by molar-refractivity contribution is 0.0935. The third kappa shape index (κ3) is 4.76. The molecular formula is C24H25NO2. The first-order valence-electron chi connectivity index (χ1n) is 9.18. The normalized spacial score (nSPS) is 11.7. The van der Waals surface area contributed by atoms with Crippen molar-refractivity contribution in [3.63, 3.8) is 0 Å².